The number of benzene rings is 7. The lowest BCUT2D eigenvalue weighted by atomic mass is 10.0. The number of hydrogen-bond donors (Lipinski definition) is 0. The van der Waals surface area contributed by atoms with Crippen molar-refractivity contribution in [2.45, 2.75) is 0 Å². The molecule has 0 N–H and O–H groups in total. The summed E-state index contributed by atoms with van der Waals surface area (Å²) in [6.07, 6.45) is 0. The summed E-state index contributed by atoms with van der Waals surface area (Å²) in [4.78, 5) is 12.1. The van der Waals surface area contributed by atoms with Gasteiger partial charge in [-0.3, -0.25) is 4.57 Å². The predicted molar refractivity (Wildman–Crippen MR) is 207 cm³/mol. The van der Waals surface area contributed by atoms with Crippen molar-refractivity contribution in [1.29, 1.82) is 0 Å². The fourth-order valence-electron chi connectivity index (χ4n) is 7.81. The molecule has 228 valence electrons. The van der Waals surface area contributed by atoms with Crippen molar-refractivity contribution in [3.8, 4) is 22.8 Å². The zero-order valence-corrected chi connectivity index (χ0v) is 27.0. The van der Waals surface area contributed by atoms with Crippen LogP contribution in [0.5, 0.6) is 0 Å². The van der Waals surface area contributed by atoms with E-state index in [1.807, 2.05) is 0 Å². The van der Waals surface area contributed by atoms with Crippen LogP contribution in [0.2, 0.25) is 0 Å². The highest BCUT2D eigenvalue weighted by molar-refractivity contribution is 7.25. The number of hydrogen-bond acceptors (Lipinski definition) is 3. The summed E-state index contributed by atoms with van der Waals surface area (Å²) in [6.45, 7) is 0. The van der Waals surface area contributed by atoms with Crippen molar-refractivity contribution < 1.29 is 0 Å². The molecule has 4 heterocycles. The van der Waals surface area contributed by atoms with Crippen molar-refractivity contribution in [2.75, 3.05) is 0 Å². The van der Waals surface area contributed by atoms with Gasteiger partial charge in [-0.25, -0.2) is 9.97 Å². The van der Waals surface area contributed by atoms with Gasteiger partial charge in [0.25, 0.3) is 0 Å². The molecule has 0 atom stereocenters. The van der Waals surface area contributed by atoms with Crippen molar-refractivity contribution in [3.05, 3.63) is 158 Å². The van der Waals surface area contributed by atoms with Gasteiger partial charge in [-0.05, 0) is 59.3 Å². The average molecular weight is 643 g/mol. The molecule has 0 fully saturated rings. The van der Waals surface area contributed by atoms with Crippen molar-refractivity contribution in [2.24, 2.45) is 0 Å². The molecule has 0 radical (unpaired) electrons. The van der Waals surface area contributed by atoms with Crippen LogP contribution in [0.3, 0.4) is 0 Å². The molecule has 4 aromatic heterocycles. The molecule has 11 aromatic rings. The van der Waals surface area contributed by atoms with Gasteiger partial charge < -0.3 is 4.57 Å². The minimum atomic E-state index is 0.838. The first-order valence-electron chi connectivity index (χ1n) is 16.5. The van der Waals surface area contributed by atoms with Crippen LogP contribution in [0.1, 0.15) is 0 Å². The molecule has 4 nitrogen and oxygen atoms in total. The highest BCUT2D eigenvalue weighted by atomic mass is 32.1. The lowest BCUT2D eigenvalue weighted by Gasteiger charge is -2.14. The maximum Gasteiger partial charge on any atom is 0.166 e. The Morgan fingerprint density at radius 1 is 0.449 bits per heavy atom. The van der Waals surface area contributed by atoms with Crippen LogP contribution in [0.15, 0.2) is 158 Å². The van der Waals surface area contributed by atoms with E-state index in [0.29, 0.717) is 0 Å². The van der Waals surface area contributed by atoms with E-state index in [1.54, 1.807) is 11.3 Å². The minimum Gasteiger partial charge on any atom is -0.309 e. The maximum atomic E-state index is 5.62. The summed E-state index contributed by atoms with van der Waals surface area (Å²) in [5, 5.41) is 8.32. The Balaban J connectivity index is 1.33. The first-order valence-corrected chi connectivity index (χ1v) is 17.3. The van der Waals surface area contributed by atoms with Crippen molar-refractivity contribution in [3.63, 3.8) is 0 Å². The average Bonchev–Trinajstić information content (AvgIpc) is 3.81. The normalized spacial score (nSPS) is 12.1. The molecule has 0 bridgehead atoms. The summed E-state index contributed by atoms with van der Waals surface area (Å²) in [5.74, 6) is 0.838. The zero-order chi connectivity index (χ0) is 32.1. The standard InChI is InChI=1S/C44H26N4S/c1-2-15-29(16-3-1)47-36-22-10-7-18-31(36)40-33(20-12-23-37(40)47)41-43(46-44-42(45-41)32-19-8-11-24-39(32)49-44)48-35-21-9-6-17-30(35)34-25-27-13-4-5-14-28(27)26-38(34)48/h1-26H. The van der Waals surface area contributed by atoms with E-state index in [2.05, 4.69) is 167 Å². The lowest BCUT2D eigenvalue weighted by Crippen LogP contribution is -2.03. The van der Waals surface area contributed by atoms with E-state index < -0.39 is 0 Å². The Morgan fingerprint density at radius 2 is 1.10 bits per heavy atom. The highest BCUT2D eigenvalue weighted by Gasteiger charge is 2.24. The number of para-hydroxylation sites is 3. The number of thiophene rings is 1. The SMILES string of the molecule is c1ccc(-n2c3ccccc3c3c(-c4nc5c(nc4-n4c6ccccc6c6cc7ccccc7cc64)sc4ccccc45)cccc32)cc1. The van der Waals surface area contributed by atoms with E-state index in [-0.39, 0.29) is 0 Å². The summed E-state index contributed by atoms with van der Waals surface area (Å²) in [5.41, 5.74) is 8.54. The Labute approximate surface area is 284 Å². The number of nitrogens with zero attached hydrogens (tertiary/aromatic N) is 4. The molecule has 0 amide bonds. The van der Waals surface area contributed by atoms with Crippen molar-refractivity contribution >= 4 is 86.2 Å². The van der Waals surface area contributed by atoms with Gasteiger partial charge in [-0.15, -0.1) is 11.3 Å². The molecule has 0 unspecified atom stereocenters. The first kappa shape index (κ1) is 26.7. The third-order valence-electron chi connectivity index (χ3n) is 9.91. The lowest BCUT2D eigenvalue weighted by molar-refractivity contribution is 1.09. The van der Waals surface area contributed by atoms with Crippen LogP contribution in [-0.4, -0.2) is 19.1 Å². The predicted octanol–water partition coefficient (Wildman–Crippen LogP) is 11.9. The van der Waals surface area contributed by atoms with Crippen LogP contribution >= 0.6 is 11.3 Å². The first-order chi connectivity index (χ1) is 24.3. The summed E-state index contributed by atoms with van der Waals surface area (Å²) in [6, 6.07) is 56.4. The zero-order valence-electron chi connectivity index (χ0n) is 26.2. The Hall–Kier alpha value is -6.30. The Morgan fingerprint density at radius 3 is 1.94 bits per heavy atom. The highest BCUT2D eigenvalue weighted by Crippen LogP contribution is 2.43. The second kappa shape index (κ2) is 10.1. The number of rotatable bonds is 3. The van der Waals surface area contributed by atoms with Gasteiger partial charge in [0.15, 0.2) is 5.82 Å². The number of fused-ring (bicyclic) bond motifs is 10. The van der Waals surface area contributed by atoms with E-state index in [0.717, 1.165) is 60.6 Å². The van der Waals surface area contributed by atoms with Gasteiger partial charge in [0.2, 0.25) is 0 Å². The molecule has 0 aliphatic carbocycles. The quantitative estimate of drug-likeness (QED) is 0.192. The largest absolute Gasteiger partial charge is 0.309 e. The molecule has 0 spiro atoms. The third-order valence-corrected chi connectivity index (χ3v) is 11.0. The van der Waals surface area contributed by atoms with Crippen LogP contribution in [-0.2, 0) is 0 Å². The molecule has 7 aromatic carbocycles. The summed E-state index contributed by atoms with van der Waals surface area (Å²) in [7, 11) is 0. The molecule has 11 rings (SSSR count). The topological polar surface area (TPSA) is 35.6 Å². The van der Waals surface area contributed by atoms with Gasteiger partial charge >= 0.3 is 0 Å². The van der Waals surface area contributed by atoms with E-state index >= 15 is 0 Å². The van der Waals surface area contributed by atoms with E-state index in [1.165, 1.54) is 37.0 Å². The molecule has 5 heteroatoms. The van der Waals surface area contributed by atoms with Gasteiger partial charge in [0.05, 0.1) is 22.1 Å². The van der Waals surface area contributed by atoms with Gasteiger partial charge in [0.1, 0.15) is 16.0 Å². The molecule has 49 heavy (non-hydrogen) atoms. The van der Waals surface area contributed by atoms with Crippen LogP contribution in [0.4, 0.5) is 0 Å². The molecule has 0 aliphatic heterocycles. The van der Waals surface area contributed by atoms with E-state index in [4.69, 9.17) is 9.97 Å². The molecule has 0 aliphatic rings. The molecular weight excluding hydrogens is 617 g/mol. The minimum absolute atomic E-state index is 0.838. The van der Waals surface area contributed by atoms with Gasteiger partial charge in [-0.2, -0.15) is 0 Å². The van der Waals surface area contributed by atoms with E-state index in [9.17, 15) is 0 Å². The molecular formula is C44H26N4S. The van der Waals surface area contributed by atoms with Crippen LogP contribution in [0.25, 0.3) is 97.6 Å². The summed E-state index contributed by atoms with van der Waals surface area (Å²) >= 11 is 1.71. The van der Waals surface area contributed by atoms with Gasteiger partial charge in [0, 0.05) is 42.9 Å². The fraction of sp³-hybridized carbons (Fsp3) is 0. The van der Waals surface area contributed by atoms with Crippen LogP contribution < -0.4 is 0 Å². The monoisotopic (exact) mass is 642 g/mol. The second-order valence-corrected chi connectivity index (χ2v) is 13.6. The number of aromatic nitrogens is 4. The molecule has 0 saturated heterocycles. The second-order valence-electron chi connectivity index (χ2n) is 12.6. The van der Waals surface area contributed by atoms with Crippen molar-refractivity contribution in [1.82, 2.24) is 19.1 Å². The fourth-order valence-corrected chi connectivity index (χ4v) is 8.82. The maximum absolute atomic E-state index is 5.62. The van der Waals surface area contributed by atoms with Gasteiger partial charge in [-0.1, -0.05) is 109 Å². The smallest absolute Gasteiger partial charge is 0.166 e. The van der Waals surface area contributed by atoms with Crippen LogP contribution in [0, 0.1) is 0 Å². The molecule has 0 saturated carbocycles. The summed E-state index contributed by atoms with van der Waals surface area (Å²) < 4.78 is 5.90. The Bertz CT molecular complexity index is 3110. The third kappa shape index (κ3) is 3.79. The Kier molecular flexibility index (Phi) is 5.51.